The highest BCUT2D eigenvalue weighted by Gasteiger charge is 2.36. The summed E-state index contributed by atoms with van der Waals surface area (Å²) in [6.45, 7) is 15.2. The van der Waals surface area contributed by atoms with Crippen LogP contribution in [0.2, 0.25) is 5.02 Å². The molecule has 3 aliphatic heterocycles. The molecular weight excluding hydrogens is 928 g/mol. The number of hydrogen-bond donors (Lipinski definition) is 2. The van der Waals surface area contributed by atoms with Gasteiger partial charge in [-0.05, 0) is 117 Å². The predicted octanol–water partition coefficient (Wildman–Crippen LogP) is 9.32. The number of benzene rings is 3. The number of ether oxygens (including phenoxy) is 2. The number of nitrogens with zero attached hydrogens (tertiary/aromatic N) is 6. The number of pyridine rings is 1. The SMILES string of the molecule is C[C@@H]1CN(CC[C@H]2COc3cc(S(=O)(=O)NC(=O)c4ccc(N5CCN(CC6=C(c7ccc(Cl)cc7)CC(C)(C)CC6)CC5)cc4Oc4cnc5[nH]ccc5c4)cc([N+](=O)[O-])c3C2)CCN1C1CCC1. The third-order valence-electron chi connectivity index (χ3n) is 15.4. The lowest BCUT2D eigenvalue weighted by Crippen LogP contribution is -2.57. The molecule has 70 heavy (non-hydrogen) atoms. The summed E-state index contributed by atoms with van der Waals surface area (Å²) >= 11 is 6.26. The minimum absolute atomic E-state index is 0.0348. The van der Waals surface area contributed by atoms with Crippen molar-refractivity contribution in [2.24, 2.45) is 11.3 Å². The van der Waals surface area contributed by atoms with Gasteiger partial charge < -0.3 is 24.3 Å². The maximum Gasteiger partial charge on any atom is 0.277 e. The Morgan fingerprint density at radius 3 is 2.54 bits per heavy atom. The van der Waals surface area contributed by atoms with E-state index in [-0.39, 0.29) is 34.1 Å². The first-order chi connectivity index (χ1) is 33.6. The van der Waals surface area contributed by atoms with E-state index in [9.17, 15) is 23.3 Å². The van der Waals surface area contributed by atoms with Gasteiger partial charge in [0, 0.05) is 105 Å². The number of nitrogens with one attached hydrogen (secondary N) is 2. The molecule has 0 radical (unpaired) electrons. The van der Waals surface area contributed by atoms with Crippen LogP contribution in [0.3, 0.4) is 0 Å². The van der Waals surface area contributed by atoms with Crippen LogP contribution in [-0.4, -0.2) is 122 Å². The number of carbonyl (C=O) groups is 1. The normalized spacial score (nSPS) is 21.5. The van der Waals surface area contributed by atoms with Crippen molar-refractivity contribution in [2.75, 3.05) is 70.4 Å². The highest BCUT2D eigenvalue weighted by molar-refractivity contribution is 7.90. The highest BCUT2D eigenvalue weighted by atomic mass is 35.5. The molecule has 3 fully saturated rings. The number of H-pyrrole nitrogens is 1. The summed E-state index contributed by atoms with van der Waals surface area (Å²) in [5.74, 6) is -0.288. The fourth-order valence-corrected chi connectivity index (χ4v) is 12.2. The Bertz CT molecular complexity index is 2910. The maximum atomic E-state index is 14.2. The summed E-state index contributed by atoms with van der Waals surface area (Å²) in [7, 11) is -4.63. The standard InChI is InChI=1S/C53H63ClN8O7S/c1-35-32-58(21-24-61(35)41-5-4-6-41)18-15-36-25-46-48(62(64)65)28-44(29-49(46)68-34-36)70(66,67)57-52(63)45-12-11-42(27-50(45)69-43-26-38-14-17-55-51(38)56-31-43)60-22-19-59(20-23-60)33-39-13-16-53(2,3)30-47(39)37-7-9-40(54)10-8-37/h7-12,14,17,26-29,31,35-36,41H,4-6,13,15-16,18-25,30,32-34H2,1-3H3,(H,55,56)(H,57,63)/t35-,36-/m1/s1. The van der Waals surface area contributed by atoms with E-state index >= 15 is 0 Å². The largest absolute Gasteiger partial charge is 0.493 e. The highest BCUT2D eigenvalue weighted by Crippen LogP contribution is 2.44. The Balaban J connectivity index is 0.837. The van der Waals surface area contributed by atoms with Crippen LogP contribution in [0.25, 0.3) is 16.6 Å². The van der Waals surface area contributed by atoms with E-state index in [1.165, 1.54) is 48.2 Å². The summed E-state index contributed by atoms with van der Waals surface area (Å²) < 4.78 is 42.8. The topological polar surface area (TPSA) is 166 Å². The molecule has 2 aromatic heterocycles. The number of rotatable bonds is 14. The molecule has 370 valence electrons. The van der Waals surface area contributed by atoms with Gasteiger partial charge in [0.15, 0.2) is 0 Å². The van der Waals surface area contributed by atoms with Gasteiger partial charge in [-0.1, -0.05) is 49.6 Å². The number of nitro groups is 1. The number of amides is 1. The smallest absolute Gasteiger partial charge is 0.277 e. The van der Waals surface area contributed by atoms with Crippen molar-refractivity contribution in [3.8, 4) is 17.2 Å². The van der Waals surface area contributed by atoms with Gasteiger partial charge in [0.1, 0.15) is 22.9 Å². The molecule has 2 saturated heterocycles. The van der Waals surface area contributed by atoms with Gasteiger partial charge in [0.2, 0.25) is 0 Å². The van der Waals surface area contributed by atoms with Gasteiger partial charge >= 0.3 is 0 Å². The van der Waals surface area contributed by atoms with Crippen molar-refractivity contribution in [1.29, 1.82) is 0 Å². The number of anilines is 1. The minimum Gasteiger partial charge on any atom is -0.493 e. The van der Waals surface area contributed by atoms with Crippen molar-refractivity contribution in [3.63, 3.8) is 0 Å². The summed E-state index contributed by atoms with van der Waals surface area (Å²) in [6, 6.07) is 20.5. The number of carbonyl (C=O) groups excluding carboxylic acids is 1. The van der Waals surface area contributed by atoms with E-state index in [4.69, 9.17) is 21.1 Å². The fraction of sp³-hybridized carbons (Fsp3) is 0.472. The van der Waals surface area contributed by atoms with Gasteiger partial charge in [-0.3, -0.25) is 24.7 Å². The van der Waals surface area contributed by atoms with Crippen LogP contribution >= 0.6 is 11.6 Å². The molecule has 5 aromatic rings. The lowest BCUT2D eigenvalue weighted by Gasteiger charge is -2.47. The van der Waals surface area contributed by atoms with Crippen molar-refractivity contribution in [1.82, 2.24) is 29.4 Å². The molecule has 5 aliphatic rings. The average molecular weight is 992 g/mol. The van der Waals surface area contributed by atoms with Crippen molar-refractivity contribution >= 4 is 55.5 Å². The number of aromatic nitrogens is 2. The van der Waals surface area contributed by atoms with E-state index in [0.29, 0.717) is 42.1 Å². The van der Waals surface area contributed by atoms with E-state index < -0.39 is 25.7 Å². The van der Waals surface area contributed by atoms with Crippen molar-refractivity contribution in [2.45, 2.75) is 89.1 Å². The average Bonchev–Trinajstić information content (AvgIpc) is 3.79. The van der Waals surface area contributed by atoms with E-state index in [2.05, 4.69) is 67.2 Å². The molecule has 0 unspecified atom stereocenters. The molecule has 0 bridgehead atoms. The second kappa shape index (κ2) is 19.9. The molecule has 17 heteroatoms. The minimum atomic E-state index is -4.63. The number of fused-ring (bicyclic) bond motifs is 2. The number of hydrogen-bond acceptors (Lipinski definition) is 12. The lowest BCUT2D eigenvalue weighted by atomic mass is 9.72. The first-order valence-corrected chi connectivity index (χ1v) is 26.7. The zero-order chi connectivity index (χ0) is 48.7. The van der Waals surface area contributed by atoms with Crippen LogP contribution in [0, 0.1) is 21.4 Å². The second-order valence-corrected chi connectivity index (χ2v) is 22.9. The fourth-order valence-electron chi connectivity index (χ4n) is 11.1. The number of allylic oxidation sites excluding steroid dienone is 1. The second-order valence-electron chi connectivity index (χ2n) is 20.8. The molecule has 3 aromatic carbocycles. The zero-order valence-electron chi connectivity index (χ0n) is 40.3. The first kappa shape index (κ1) is 48.1. The summed E-state index contributed by atoms with van der Waals surface area (Å²) in [5, 5.41) is 14.1. The van der Waals surface area contributed by atoms with Gasteiger partial charge in [0.05, 0.1) is 33.7 Å². The monoisotopic (exact) mass is 990 g/mol. The molecule has 1 amide bonds. The van der Waals surface area contributed by atoms with Crippen LogP contribution in [0.4, 0.5) is 11.4 Å². The number of aromatic amines is 1. The Hall–Kier alpha value is -5.52. The van der Waals surface area contributed by atoms with E-state index in [1.807, 2.05) is 18.2 Å². The van der Waals surface area contributed by atoms with Gasteiger partial charge in [-0.2, -0.15) is 0 Å². The molecule has 1 saturated carbocycles. The third kappa shape index (κ3) is 10.6. The molecule has 2 aliphatic carbocycles. The molecular formula is C53H63ClN8O7S. The number of halogens is 1. The Labute approximate surface area is 415 Å². The van der Waals surface area contributed by atoms with Gasteiger partial charge in [-0.15, -0.1) is 0 Å². The van der Waals surface area contributed by atoms with Crippen LogP contribution < -0.4 is 19.1 Å². The molecule has 15 nitrogen and oxygen atoms in total. The van der Waals surface area contributed by atoms with Crippen LogP contribution in [0.5, 0.6) is 17.2 Å². The molecule has 2 N–H and O–H groups in total. The van der Waals surface area contributed by atoms with Crippen LogP contribution in [0.15, 0.2) is 89.6 Å². The van der Waals surface area contributed by atoms with Gasteiger partial charge in [-0.25, -0.2) is 18.1 Å². The molecule has 5 heterocycles. The van der Waals surface area contributed by atoms with Crippen molar-refractivity contribution in [3.05, 3.63) is 117 Å². The number of sulfonamides is 1. The Morgan fingerprint density at radius 2 is 1.80 bits per heavy atom. The van der Waals surface area contributed by atoms with Crippen LogP contribution in [-0.2, 0) is 16.4 Å². The summed E-state index contributed by atoms with van der Waals surface area (Å²) in [6.07, 6.45) is 11.6. The number of piperazine rings is 2. The zero-order valence-corrected chi connectivity index (χ0v) is 41.9. The van der Waals surface area contributed by atoms with Crippen molar-refractivity contribution < 1.29 is 27.6 Å². The summed E-state index contributed by atoms with van der Waals surface area (Å²) in [4.78, 5) is 43.1. The number of nitro benzene ring substituents is 1. The quantitative estimate of drug-likeness (QED) is 0.0801. The molecule has 10 rings (SSSR count). The summed E-state index contributed by atoms with van der Waals surface area (Å²) in [5.41, 5.74) is 5.80. The third-order valence-corrected chi connectivity index (χ3v) is 16.9. The Morgan fingerprint density at radius 1 is 1.01 bits per heavy atom. The molecule has 0 spiro atoms. The Kier molecular flexibility index (Phi) is 13.7. The van der Waals surface area contributed by atoms with E-state index in [1.54, 1.807) is 30.5 Å². The lowest BCUT2D eigenvalue weighted by molar-refractivity contribution is -0.386. The van der Waals surface area contributed by atoms with E-state index in [0.717, 1.165) is 107 Å². The first-order valence-electron chi connectivity index (χ1n) is 24.8. The van der Waals surface area contributed by atoms with Crippen LogP contribution in [0.1, 0.15) is 87.2 Å². The molecule has 2 atom stereocenters. The predicted molar refractivity (Wildman–Crippen MR) is 273 cm³/mol. The van der Waals surface area contributed by atoms with Gasteiger partial charge in [0.25, 0.3) is 21.6 Å². The maximum absolute atomic E-state index is 14.2.